The van der Waals surface area contributed by atoms with Gasteiger partial charge in [0, 0.05) is 19.3 Å². The summed E-state index contributed by atoms with van der Waals surface area (Å²) < 4.78 is 4.83. The number of hydrogen-bond donors (Lipinski definition) is 2. The molecule has 0 saturated heterocycles. The molecule has 0 spiro atoms. The van der Waals surface area contributed by atoms with Crippen LogP contribution in [0.3, 0.4) is 0 Å². The molecule has 0 aliphatic carbocycles. The molecule has 16 heavy (non-hydrogen) atoms. The lowest BCUT2D eigenvalue weighted by atomic mass is 10.2. The molecule has 0 fully saturated rings. The number of carbonyl (C=O) groups is 1. The number of benzene rings is 1. The first kappa shape index (κ1) is 12.7. The lowest BCUT2D eigenvalue weighted by Crippen LogP contribution is -2.13. The van der Waals surface area contributed by atoms with Gasteiger partial charge in [-0.1, -0.05) is 12.1 Å². The molecule has 4 heteroatoms. The van der Waals surface area contributed by atoms with Crippen LogP contribution in [0.5, 0.6) is 0 Å². The van der Waals surface area contributed by atoms with Gasteiger partial charge in [-0.2, -0.15) is 0 Å². The normalized spacial score (nSPS) is 10.1. The second kappa shape index (κ2) is 6.98. The van der Waals surface area contributed by atoms with Gasteiger partial charge in [-0.15, -0.1) is 0 Å². The van der Waals surface area contributed by atoms with Gasteiger partial charge in [-0.25, -0.2) is 0 Å². The Morgan fingerprint density at radius 3 is 2.56 bits per heavy atom. The molecular formula is C12H18N2O2. The standard InChI is InChI=1S/C12H18N2O2/c1-13-9-10-3-5-11(6-4-10)14-12(15)7-8-16-2/h3-6,13H,7-9H2,1-2H3,(H,14,15). The van der Waals surface area contributed by atoms with Crippen LogP contribution >= 0.6 is 0 Å². The maximum atomic E-state index is 11.4. The number of amides is 1. The molecule has 0 aromatic heterocycles. The van der Waals surface area contributed by atoms with E-state index in [-0.39, 0.29) is 5.91 Å². The van der Waals surface area contributed by atoms with Crippen molar-refractivity contribution in [2.45, 2.75) is 13.0 Å². The topological polar surface area (TPSA) is 50.4 Å². The lowest BCUT2D eigenvalue weighted by Gasteiger charge is -2.06. The minimum atomic E-state index is -0.0248. The molecule has 0 bridgehead atoms. The summed E-state index contributed by atoms with van der Waals surface area (Å²) in [4.78, 5) is 11.4. The van der Waals surface area contributed by atoms with Crippen LogP contribution in [0.25, 0.3) is 0 Å². The summed E-state index contributed by atoms with van der Waals surface area (Å²) in [5, 5.41) is 5.87. The Balaban J connectivity index is 2.45. The van der Waals surface area contributed by atoms with E-state index in [1.807, 2.05) is 31.3 Å². The predicted molar refractivity (Wildman–Crippen MR) is 64.3 cm³/mol. The average Bonchev–Trinajstić information content (AvgIpc) is 2.29. The zero-order valence-corrected chi connectivity index (χ0v) is 9.75. The van der Waals surface area contributed by atoms with Crippen LogP contribution in [0, 0.1) is 0 Å². The molecule has 0 aliphatic rings. The van der Waals surface area contributed by atoms with E-state index in [0.29, 0.717) is 13.0 Å². The van der Waals surface area contributed by atoms with Crippen molar-refractivity contribution < 1.29 is 9.53 Å². The number of rotatable bonds is 6. The van der Waals surface area contributed by atoms with Gasteiger partial charge in [-0.05, 0) is 24.7 Å². The number of hydrogen-bond acceptors (Lipinski definition) is 3. The van der Waals surface area contributed by atoms with Gasteiger partial charge in [0.15, 0.2) is 0 Å². The van der Waals surface area contributed by atoms with Crippen molar-refractivity contribution in [1.29, 1.82) is 0 Å². The molecule has 0 atom stereocenters. The fraction of sp³-hybridized carbons (Fsp3) is 0.417. The fourth-order valence-corrected chi connectivity index (χ4v) is 1.33. The highest BCUT2D eigenvalue weighted by Crippen LogP contribution is 2.09. The van der Waals surface area contributed by atoms with E-state index in [1.165, 1.54) is 5.56 Å². The van der Waals surface area contributed by atoms with E-state index in [2.05, 4.69) is 10.6 Å². The fourth-order valence-electron chi connectivity index (χ4n) is 1.33. The van der Waals surface area contributed by atoms with Crippen molar-refractivity contribution >= 4 is 11.6 Å². The Bertz CT molecular complexity index is 322. The first-order valence-corrected chi connectivity index (χ1v) is 5.28. The Kier molecular flexibility index (Phi) is 5.53. The summed E-state index contributed by atoms with van der Waals surface area (Å²) in [5.41, 5.74) is 2.01. The number of ether oxygens (including phenoxy) is 1. The maximum absolute atomic E-state index is 11.4. The molecule has 0 unspecified atom stereocenters. The Labute approximate surface area is 96.0 Å². The van der Waals surface area contributed by atoms with Crippen molar-refractivity contribution in [3.05, 3.63) is 29.8 Å². The molecule has 2 N–H and O–H groups in total. The maximum Gasteiger partial charge on any atom is 0.226 e. The van der Waals surface area contributed by atoms with E-state index in [9.17, 15) is 4.79 Å². The van der Waals surface area contributed by atoms with E-state index in [0.717, 1.165) is 12.2 Å². The third-order valence-corrected chi connectivity index (χ3v) is 2.15. The minimum absolute atomic E-state index is 0.0248. The van der Waals surface area contributed by atoms with Gasteiger partial charge >= 0.3 is 0 Å². The van der Waals surface area contributed by atoms with Crippen molar-refractivity contribution in [1.82, 2.24) is 5.32 Å². The summed E-state index contributed by atoms with van der Waals surface area (Å²) >= 11 is 0. The van der Waals surface area contributed by atoms with Crippen LogP contribution in [0.4, 0.5) is 5.69 Å². The van der Waals surface area contributed by atoms with Crippen LogP contribution in [-0.4, -0.2) is 26.7 Å². The van der Waals surface area contributed by atoms with Crippen molar-refractivity contribution in [3.63, 3.8) is 0 Å². The summed E-state index contributed by atoms with van der Waals surface area (Å²) in [6.07, 6.45) is 0.384. The molecule has 0 saturated carbocycles. The number of anilines is 1. The van der Waals surface area contributed by atoms with Gasteiger partial charge < -0.3 is 15.4 Å². The molecule has 88 valence electrons. The van der Waals surface area contributed by atoms with Crippen LogP contribution in [0.2, 0.25) is 0 Å². The lowest BCUT2D eigenvalue weighted by molar-refractivity contribution is -0.117. The van der Waals surface area contributed by atoms with Crippen molar-refractivity contribution in [3.8, 4) is 0 Å². The van der Waals surface area contributed by atoms with Crippen molar-refractivity contribution in [2.24, 2.45) is 0 Å². The zero-order valence-electron chi connectivity index (χ0n) is 9.75. The highest BCUT2D eigenvalue weighted by atomic mass is 16.5. The van der Waals surface area contributed by atoms with E-state index >= 15 is 0 Å². The van der Waals surface area contributed by atoms with Gasteiger partial charge in [0.2, 0.25) is 5.91 Å². The van der Waals surface area contributed by atoms with Crippen LogP contribution < -0.4 is 10.6 Å². The number of methoxy groups -OCH3 is 1. The Hall–Kier alpha value is -1.39. The van der Waals surface area contributed by atoms with Gasteiger partial charge in [0.05, 0.1) is 13.0 Å². The smallest absolute Gasteiger partial charge is 0.226 e. The highest BCUT2D eigenvalue weighted by Gasteiger charge is 2.01. The third-order valence-electron chi connectivity index (χ3n) is 2.15. The van der Waals surface area contributed by atoms with Crippen molar-refractivity contribution in [2.75, 3.05) is 26.1 Å². The minimum Gasteiger partial charge on any atom is -0.384 e. The quantitative estimate of drug-likeness (QED) is 0.764. The van der Waals surface area contributed by atoms with Crippen LogP contribution in [-0.2, 0) is 16.1 Å². The number of carbonyl (C=O) groups excluding carboxylic acids is 1. The largest absolute Gasteiger partial charge is 0.384 e. The van der Waals surface area contributed by atoms with E-state index in [4.69, 9.17) is 4.74 Å². The predicted octanol–water partition coefficient (Wildman–Crippen LogP) is 1.38. The Morgan fingerprint density at radius 1 is 1.31 bits per heavy atom. The molecule has 1 rings (SSSR count). The molecule has 1 aromatic rings. The highest BCUT2D eigenvalue weighted by molar-refractivity contribution is 5.90. The zero-order chi connectivity index (χ0) is 11.8. The second-order valence-electron chi connectivity index (χ2n) is 3.52. The molecule has 1 amide bonds. The molecule has 1 aromatic carbocycles. The first-order chi connectivity index (χ1) is 7.76. The molecule has 0 aliphatic heterocycles. The SMILES string of the molecule is CNCc1ccc(NC(=O)CCOC)cc1. The summed E-state index contributed by atoms with van der Waals surface area (Å²) in [7, 11) is 3.49. The summed E-state index contributed by atoms with van der Waals surface area (Å²) in [6.45, 7) is 1.28. The monoisotopic (exact) mass is 222 g/mol. The first-order valence-electron chi connectivity index (χ1n) is 5.28. The van der Waals surface area contributed by atoms with Crippen LogP contribution in [0.15, 0.2) is 24.3 Å². The number of nitrogens with one attached hydrogen (secondary N) is 2. The second-order valence-corrected chi connectivity index (χ2v) is 3.52. The van der Waals surface area contributed by atoms with Gasteiger partial charge in [-0.3, -0.25) is 4.79 Å². The molecule has 0 radical (unpaired) electrons. The van der Waals surface area contributed by atoms with Gasteiger partial charge in [0.1, 0.15) is 0 Å². The molecule has 0 heterocycles. The summed E-state index contributed by atoms with van der Waals surface area (Å²) in [5.74, 6) is -0.0248. The van der Waals surface area contributed by atoms with Gasteiger partial charge in [0.25, 0.3) is 0 Å². The summed E-state index contributed by atoms with van der Waals surface area (Å²) in [6, 6.07) is 7.78. The third kappa shape index (κ3) is 4.42. The molecular weight excluding hydrogens is 204 g/mol. The average molecular weight is 222 g/mol. The van der Waals surface area contributed by atoms with E-state index in [1.54, 1.807) is 7.11 Å². The van der Waals surface area contributed by atoms with Crippen LogP contribution in [0.1, 0.15) is 12.0 Å². The Morgan fingerprint density at radius 2 is 2.00 bits per heavy atom. The molecule has 4 nitrogen and oxygen atoms in total. The van der Waals surface area contributed by atoms with E-state index < -0.39 is 0 Å².